The normalized spacial score (nSPS) is 10.5. The van der Waals surface area contributed by atoms with Crippen molar-refractivity contribution in [2.75, 3.05) is 5.32 Å². The van der Waals surface area contributed by atoms with Crippen LogP contribution >= 0.6 is 11.6 Å². The molecule has 0 aliphatic rings. The first-order valence-electron chi connectivity index (χ1n) is 7.27. The average molecular weight is 327 g/mol. The monoisotopic (exact) mass is 326 g/mol. The summed E-state index contributed by atoms with van der Waals surface area (Å²) in [6, 6.07) is 17.2. The number of aryl methyl sites for hydroxylation is 1. The van der Waals surface area contributed by atoms with E-state index >= 15 is 0 Å². The standard InChI is InChI=1S/C18H15ClN2O2/c19-15-9-7-14(8-10-15)16-12-20-23-18(16)21-17(22)11-6-13-4-2-1-3-5-13/h1-5,7-10,12H,6,11H2,(H,21,22). The predicted octanol–water partition coefficient (Wildman–Crippen LogP) is 4.57. The van der Waals surface area contributed by atoms with Gasteiger partial charge in [0.15, 0.2) is 0 Å². The highest BCUT2D eigenvalue weighted by atomic mass is 35.5. The molecule has 0 atom stereocenters. The number of amides is 1. The molecular formula is C18H15ClN2O2. The van der Waals surface area contributed by atoms with Crippen molar-refractivity contribution in [3.05, 3.63) is 71.4 Å². The van der Waals surface area contributed by atoms with Gasteiger partial charge in [0.2, 0.25) is 11.8 Å². The van der Waals surface area contributed by atoms with Crippen LogP contribution in [0, 0.1) is 0 Å². The van der Waals surface area contributed by atoms with E-state index in [2.05, 4.69) is 10.5 Å². The Hall–Kier alpha value is -2.59. The van der Waals surface area contributed by atoms with Gasteiger partial charge in [-0.2, -0.15) is 0 Å². The van der Waals surface area contributed by atoms with Crippen LogP contribution in [0.4, 0.5) is 5.88 Å². The Morgan fingerprint density at radius 1 is 1.09 bits per heavy atom. The zero-order valence-corrected chi connectivity index (χ0v) is 13.1. The summed E-state index contributed by atoms with van der Waals surface area (Å²) >= 11 is 5.89. The molecule has 0 radical (unpaired) electrons. The van der Waals surface area contributed by atoms with Gasteiger partial charge in [-0.3, -0.25) is 10.1 Å². The third-order valence-electron chi connectivity index (χ3n) is 3.46. The number of halogens is 1. The van der Waals surface area contributed by atoms with Gasteiger partial charge in [0.05, 0.1) is 11.8 Å². The van der Waals surface area contributed by atoms with Crippen LogP contribution < -0.4 is 5.32 Å². The van der Waals surface area contributed by atoms with Crippen LogP contribution in [0.2, 0.25) is 5.02 Å². The smallest absolute Gasteiger partial charge is 0.239 e. The maximum Gasteiger partial charge on any atom is 0.239 e. The summed E-state index contributed by atoms with van der Waals surface area (Å²) in [7, 11) is 0. The predicted molar refractivity (Wildman–Crippen MR) is 90.3 cm³/mol. The number of rotatable bonds is 5. The number of hydrogen-bond acceptors (Lipinski definition) is 3. The van der Waals surface area contributed by atoms with Gasteiger partial charge in [-0.15, -0.1) is 0 Å². The SMILES string of the molecule is O=C(CCc1ccccc1)Nc1oncc1-c1ccc(Cl)cc1. The molecule has 0 saturated heterocycles. The van der Waals surface area contributed by atoms with Crippen molar-refractivity contribution in [3.63, 3.8) is 0 Å². The number of nitrogens with zero attached hydrogens (tertiary/aromatic N) is 1. The summed E-state index contributed by atoms with van der Waals surface area (Å²) in [6.45, 7) is 0. The fourth-order valence-corrected chi connectivity index (χ4v) is 2.38. The van der Waals surface area contributed by atoms with Crippen molar-refractivity contribution in [3.8, 4) is 11.1 Å². The molecule has 3 rings (SSSR count). The molecule has 1 amide bonds. The number of benzene rings is 2. The third-order valence-corrected chi connectivity index (χ3v) is 3.71. The Kier molecular flexibility index (Phi) is 4.74. The molecule has 0 aliphatic carbocycles. The minimum absolute atomic E-state index is 0.110. The van der Waals surface area contributed by atoms with Crippen LogP contribution in [0.3, 0.4) is 0 Å². The molecule has 0 spiro atoms. The molecule has 0 fully saturated rings. The van der Waals surface area contributed by atoms with Crippen LogP contribution in [-0.4, -0.2) is 11.1 Å². The lowest BCUT2D eigenvalue weighted by molar-refractivity contribution is -0.116. The first-order valence-corrected chi connectivity index (χ1v) is 7.64. The number of carbonyl (C=O) groups is 1. The molecule has 4 nitrogen and oxygen atoms in total. The van der Waals surface area contributed by atoms with Crippen LogP contribution in [0.5, 0.6) is 0 Å². The molecule has 23 heavy (non-hydrogen) atoms. The van der Waals surface area contributed by atoms with E-state index in [0.29, 0.717) is 23.7 Å². The molecule has 2 aromatic carbocycles. The van der Waals surface area contributed by atoms with Crippen LogP contribution in [0.15, 0.2) is 65.3 Å². The summed E-state index contributed by atoms with van der Waals surface area (Å²) in [5, 5.41) is 7.19. The van der Waals surface area contributed by atoms with Gasteiger partial charge >= 0.3 is 0 Å². The maximum atomic E-state index is 12.1. The van der Waals surface area contributed by atoms with E-state index in [0.717, 1.165) is 16.7 Å². The lowest BCUT2D eigenvalue weighted by Gasteiger charge is -2.05. The largest absolute Gasteiger partial charge is 0.338 e. The minimum atomic E-state index is -0.110. The Morgan fingerprint density at radius 3 is 2.57 bits per heavy atom. The van der Waals surface area contributed by atoms with E-state index in [1.54, 1.807) is 18.3 Å². The summed E-state index contributed by atoms with van der Waals surface area (Å²) < 4.78 is 5.16. The van der Waals surface area contributed by atoms with E-state index in [1.807, 2.05) is 42.5 Å². The molecule has 1 N–H and O–H groups in total. The van der Waals surface area contributed by atoms with Crippen molar-refractivity contribution < 1.29 is 9.32 Å². The molecule has 0 saturated carbocycles. The van der Waals surface area contributed by atoms with E-state index < -0.39 is 0 Å². The third kappa shape index (κ3) is 3.99. The van der Waals surface area contributed by atoms with Gasteiger partial charge in [0.1, 0.15) is 0 Å². The van der Waals surface area contributed by atoms with Crippen molar-refractivity contribution >= 4 is 23.4 Å². The Labute approximate surface area is 139 Å². The van der Waals surface area contributed by atoms with Crippen molar-refractivity contribution in [2.24, 2.45) is 0 Å². The average Bonchev–Trinajstić information content (AvgIpc) is 3.03. The molecule has 1 heterocycles. The van der Waals surface area contributed by atoms with Crippen LogP contribution in [0.25, 0.3) is 11.1 Å². The summed E-state index contributed by atoms with van der Waals surface area (Å²) in [5.74, 6) is 0.242. The summed E-state index contributed by atoms with van der Waals surface area (Å²) in [5.41, 5.74) is 2.74. The number of anilines is 1. The van der Waals surface area contributed by atoms with Gasteiger partial charge in [-0.25, -0.2) is 0 Å². The Bertz CT molecular complexity index is 782. The number of nitrogens with one attached hydrogen (secondary N) is 1. The highest BCUT2D eigenvalue weighted by molar-refractivity contribution is 6.30. The van der Waals surface area contributed by atoms with E-state index in [9.17, 15) is 4.79 Å². The van der Waals surface area contributed by atoms with Gasteiger partial charge < -0.3 is 4.52 Å². The second-order valence-electron chi connectivity index (χ2n) is 5.11. The zero-order valence-electron chi connectivity index (χ0n) is 12.3. The molecular weight excluding hydrogens is 312 g/mol. The Balaban J connectivity index is 1.65. The van der Waals surface area contributed by atoms with Crippen LogP contribution in [-0.2, 0) is 11.2 Å². The topological polar surface area (TPSA) is 55.1 Å². The van der Waals surface area contributed by atoms with Gasteiger partial charge in [-0.05, 0) is 29.7 Å². The number of aromatic nitrogens is 1. The van der Waals surface area contributed by atoms with Gasteiger partial charge in [0, 0.05) is 11.4 Å². The van der Waals surface area contributed by atoms with Gasteiger partial charge in [0.25, 0.3) is 0 Å². The molecule has 5 heteroatoms. The lowest BCUT2D eigenvalue weighted by atomic mass is 10.1. The minimum Gasteiger partial charge on any atom is -0.338 e. The second-order valence-corrected chi connectivity index (χ2v) is 5.55. The lowest BCUT2D eigenvalue weighted by Crippen LogP contribution is -2.12. The molecule has 116 valence electrons. The van der Waals surface area contributed by atoms with E-state index in [-0.39, 0.29) is 5.91 Å². The quantitative estimate of drug-likeness (QED) is 0.747. The molecule has 3 aromatic rings. The fourth-order valence-electron chi connectivity index (χ4n) is 2.26. The molecule has 0 aliphatic heterocycles. The fraction of sp³-hybridized carbons (Fsp3) is 0.111. The van der Waals surface area contributed by atoms with E-state index in [1.165, 1.54) is 0 Å². The number of hydrogen-bond donors (Lipinski definition) is 1. The van der Waals surface area contributed by atoms with Gasteiger partial charge in [-0.1, -0.05) is 59.2 Å². The first kappa shape index (κ1) is 15.3. The molecule has 0 unspecified atom stereocenters. The second kappa shape index (κ2) is 7.11. The number of carbonyl (C=O) groups excluding carboxylic acids is 1. The van der Waals surface area contributed by atoms with Crippen molar-refractivity contribution in [2.45, 2.75) is 12.8 Å². The Morgan fingerprint density at radius 2 is 1.83 bits per heavy atom. The van der Waals surface area contributed by atoms with E-state index in [4.69, 9.17) is 16.1 Å². The first-order chi connectivity index (χ1) is 11.2. The van der Waals surface area contributed by atoms with Crippen LogP contribution in [0.1, 0.15) is 12.0 Å². The summed E-state index contributed by atoms with van der Waals surface area (Å²) in [4.78, 5) is 12.1. The summed E-state index contributed by atoms with van der Waals surface area (Å²) in [6.07, 6.45) is 2.64. The molecule has 0 bridgehead atoms. The van der Waals surface area contributed by atoms with Crippen molar-refractivity contribution in [1.29, 1.82) is 0 Å². The maximum absolute atomic E-state index is 12.1. The van der Waals surface area contributed by atoms with Crippen molar-refractivity contribution in [1.82, 2.24) is 5.16 Å². The highest BCUT2D eigenvalue weighted by Gasteiger charge is 2.13. The highest BCUT2D eigenvalue weighted by Crippen LogP contribution is 2.28. The molecule has 1 aromatic heterocycles. The zero-order chi connectivity index (χ0) is 16.1.